The molecular formula is C23H24O2. The second-order valence-corrected chi connectivity index (χ2v) is 6.32. The van der Waals surface area contributed by atoms with Gasteiger partial charge in [-0.05, 0) is 84.0 Å². The first-order chi connectivity index (χ1) is 12.0. The molecule has 3 aromatic carbocycles. The van der Waals surface area contributed by atoms with Crippen LogP contribution < -0.4 is 9.47 Å². The highest BCUT2D eigenvalue weighted by molar-refractivity contribution is 5.82. The molecule has 0 unspecified atom stereocenters. The average molecular weight is 332 g/mol. The second-order valence-electron chi connectivity index (χ2n) is 6.32. The van der Waals surface area contributed by atoms with E-state index in [2.05, 4.69) is 51.1 Å². The maximum Gasteiger partial charge on any atom is 0.118 e. The van der Waals surface area contributed by atoms with E-state index in [9.17, 15) is 0 Å². The summed E-state index contributed by atoms with van der Waals surface area (Å²) in [5, 5.41) is 0. The monoisotopic (exact) mass is 332 g/mol. The molecule has 0 aliphatic rings. The van der Waals surface area contributed by atoms with E-state index in [0.717, 1.165) is 11.5 Å². The van der Waals surface area contributed by atoms with Gasteiger partial charge in [0.05, 0.1) is 14.2 Å². The lowest BCUT2D eigenvalue weighted by atomic mass is 9.87. The highest BCUT2D eigenvalue weighted by atomic mass is 16.5. The van der Waals surface area contributed by atoms with E-state index < -0.39 is 0 Å². The minimum atomic E-state index is 0.876. The largest absolute Gasteiger partial charge is 0.497 e. The number of methoxy groups -OCH3 is 2. The Kier molecular flexibility index (Phi) is 4.80. The summed E-state index contributed by atoms with van der Waals surface area (Å²) in [5.74, 6) is 1.75. The molecule has 0 saturated carbocycles. The molecule has 25 heavy (non-hydrogen) atoms. The molecule has 0 aliphatic heterocycles. The molecular weight excluding hydrogens is 308 g/mol. The number of ether oxygens (including phenoxy) is 2. The summed E-state index contributed by atoms with van der Waals surface area (Å²) in [6.45, 7) is 6.57. The lowest BCUT2D eigenvalue weighted by molar-refractivity contribution is 0.415. The van der Waals surface area contributed by atoms with Gasteiger partial charge in [0.15, 0.2) is 0 Å². The van der Waals surface area contributed by atoms with Gasteiger partial charge in [-0.3, -0.25) is 0 Å². The second kappa shape index (κ2) is 7.02. The van der Waals surface area contributed by atoms with Crippen LogP contribution in [0.1, 0.15) is 16.7 Å². The third-order valence-electron chi connectivity index (χ3n) is 4.89. The van der Waals surface area contributed by atoms with E-state index in [1.165, 1.54) is 38.9 Å². The zero-order valence-electron chi connectivity index (χ0n) is 15.5. The van der Waals surface area contributed by atoms with E-state index in [1.807, 2.05) is 24.3 Å². The Hall–Kier alpha value is -2.74. The van der Waals surface area contributed by atoms with Gasteiger partial charge in [0, 0.05) is 0 Å². The molecule has 0 aliphatic carbocycles. The van der Waals surface area contributed by atoms with Crippen LogP contribution in [0.15, 0.2) is 54.6 Å². The molecule has 128 valence electrons. The Bertz CT molecular complexity index is 875. The first-order valence-electron chi connectivity index (χ1n) is 8.44. The van der Waals surface area contributed by atoms with Crippen LogP contribution in [-0.2, 0) is 0 Å². The van der Waals surface area contributed by atoms with Crippen LogP contribution in [0.25, 0.3) is 22.3 Å². The summed E-state index contributed by atoms with van der Waals surface area (Å²) in [4.78, 5) is 0. The SMILES string of the molecule is COc1ccc(-c2cc(C)c(C)c(-c3ccc(OC)cc3)c2C)cc1. The number of hydrogen-bond donors (Lipinski definition) is 0. The first-order valence-corrected chi connectivity index (χ1v) is 8.44. The third kappa shape index (κ3) is 3.25. The fourth-order valence-electron chi connectivity index (χ4n) is 3.31. The fraction of sp³-hybridized carbons (Fsp3) is 0.217. The van der Waals surface area contributed by atoms with Gasteiger partial charge in [0.25, 0.3) is 0 Å². The van der Waals surface area contributed by atoms with Crippen LogP contribution in [-0.4, -0.2) is 14.2 Å². The van der Waals surface area contributed by atoms with Gasteiger partial charge in [-0.25, -0.2) is 0 Å². The van der Waals surface area contributed by atoms with E-state index in [4.69, 9.17) is 9.47 Å². The fourth-order valence-corrected chi connectivity index (χ4v) is 3.31. The smallest absolute Gasteiger partial charge is 0.118 e. The summed E-state index contributed by atoms with van der Waals surface area (Å²) in [6.07, 6.45) is 0. The van der Waals surface area contributed by atoms with Crippen LogP contribution in [0, 0.1) is 20.8 Å². The molecule has 0 fully saturated rings. The molecule has 0 spiro atoms. The number of aryl methyl sites for hydroxylation is 1. The van der Waals surface area contributed by atoms with Gasteiger partial charge in [0.1, 0.15) is 11.5 Å². The maximum absolute atomic E-state index is 5.29. The van der Waals surface area contributed by atoms with Crippen molar-refractivity contribution in [3.8, 4) is 33.8 Å². The Morgan fingerprint density at radius 1 is 0.600 bits per heavy atom. The van der Waals surface area contributed by atoms with Crippen LogP contribution in [0.3, 0.4) is 0 Å². The van der Waals surface area contributed by atoms with Crippen molar-refractivity contribution in [3.63, 3.8) is 0 Å². The Morgan fingerprint density at radius 2 is 1.08 bits per heavy atom. The van der Waals surface area contributed by atoms with Gasteiger partial charge in [-0.1, -0.05) is 30.3 Å². The first kappa shape index (κ1) is 17.1. The van der Waals surface area contributed by atoms with Crippen molar-refractivity contribution in [2.75, 3.05) is 14.2 Å². The van der Waals surface area contributed by atoms with Crippen LogP contribution in [0.2, 0.25) is 0 Å². The zero-order valence-corrected chi connectivity index (χ0v) is 15.5. The highest BCUT2D eigenvalue weighted by Gasteiger charge is 2.14. The van der Waals surface area contributed by atoms with Crippen LogP contribution in [0.5, 0.6) is 11.5 Å². The summed E-state index contributed by atoms with van der Waals surface area (Å²) in [7, 11) is 3.39. The maximum atomic E-state index is 5.29. The van der Waals surface area contributed by atoms with Crippen molar-refractivity contribution in [2.45, 2.75) is 20.8 Å². The molecule has 0 atom stereocenters. The molecule has 0 bridgehead atoms. The van der Waals surface area contributed by atoms with Crippen molar-refractivity contribution >= 4 is 0 Å². The summed E-state index contributed by atoms with van der Waals surface area (Å²) < 4.78 is 10.6. The molecule has 2 heteroatoms. The summed E-state index contributed by atoms with van der Waals surface area (Å²) in [5.41, 5.74) is 8.89. The van der Waals surface area contributed by atoms with Gasteiger partial charge >= 0.3 is 0 Å². The van der Waals surface area contributed by atoms with Crippen molar-refractivity contribution in [2.24, 2.45) is 0 Å². The molecule has 3 rings (SSSR count). The minimum absolute atomic E-state index is 0.876. The van der Waals surface area contributed by atoms with Crippen molar-refractivity contribution in [1.29, 1.82) is 0 Å². The highest BCUT2D eigenvalue weighted by Crippen LogP contribution is 2.37. The summed E-state index contributed by atoms with van der Waals surface area (Å²) in [6, 6.07) is 18.8. The van der Waals surface area contributed by atoms with Gasteiger partial charge in [-0.2, -0.15) is 0 Å². The van der Waals surface area contributed by atoms with Crippen molar-refractivity contribution < 1.29 is 9.47 Å². The average Bonchev–Trinajstić information content (AvgIpc) is 2.65. The van der Waals surface area contributed by atoms with Crippen molar-refractivity contribution in [3.05, 3.63) is 71.3 Å². The van der Waals surface area contributed by atoms with E-state index in [-0.39, 0.29) is 0 Å². The third-order valence-corrected chi connectivity index (χ3v) is 4.89. The van der Waals surface area contributed by atoms with E-state index >= 15 is 0 Å². The molecule has 0 aromatic heterocycles. The standard InChI is InChI=1S/C23H24O2/c1-15-14-22(18-6-10-20(24-4)11-7-18)17(3)23(16(15)2)19-8-12-21(25-5)13-9-19/h6-14H,1-5H3. The predicted molar refractivity (Wildman–Crippen MR) is 105 cm³/mol. The van der Waals surface area contributed by atoms with Gasteiger partial charge in [-0.15, -0.1) is 0 Å². The predicted octanol–water partition coefficient (Wildman–Crippen LogP) is 5.96. The topological polar surface area (TPSA) is 18.5 Å². The molecule has 2 nitrogen and oxygen atoms in total. The molecule has 0 amide bonds. The Labute approximate surface area is 150 Å². The Balaban J connectivity index is 2.16. The quantitative estimate of drug-likeness (QED) is 0.586. The lowest BCUT2D eigenvalue weighted by Crippen LogP contribution is -1.96. The lowest BCUT2D eigenvalue weighted by Gasteiger charge is -2.18. The molecule has 0 saturated heterocycles. The van der Waals surface area contributed by atoms with Crippen molar-refractivity contribution in [1.82, 2.24) is 0 Å². The minimum Gasteiger partial charge on any atom is -0.497 e. The number of rotatable bonds is 4. The number of hydrogen-bond acceptors (Lipinski definition) is 2. The Morgan fingerprint density at radius 3 is 1.56 bits per heavy atom. The molecule has 3 aromatic rings. The summed E-state index contributed by atoms with van der Waals surface area (Å²) >= 11 is 0. The van der Waals surface area contributed by atoms with Crippen LogP contribution in [0.4, 0.5) is 0 Å². The van der Waals surface area contributed by atoms with E-state index in [1.54, 1.807) is 14.2 Å². The molecule has 0 heterocycles. The molecule has 0 radical (unpaired) electrons. The van der Waals surface area contributed by atoms with Crippen LogP contribution >= 0.6 is 0 Å². The van der Waals surface area contributed by atoms with E-state index in [0.29, 0.717) is 0 Å². The molecule has 0 N–H and O–H groups in total. The van der Waals surface area contributed by atoms with Gasteiger partial charge in [0.2, 0.25) is 0 Å². The zero-order chi connectivity index (χ0) is 18.0. The van der Waals surface area contributed by atoms with Gasteiger partial charge < -0.3 is 9.47 Å². The number of benzene rings is 3. The normalized spacial score (nSPS) is 10.6.